The Kier molecular flexibility index (Phi) is 8.71. The first kappa shape index (κ1) is 31.0. The van der Waals surface area contributed by atoms with Crippen LogP contribution < -0.4 is 9.80 Å². The molecule has 0 radical (unpaired) electrons. The van der Waals surface area contributed by atoms with Gasteiger partial charge in [0.15, 0.2) is 0 Å². The molecule has 4 aliphatic heterocycles. The molecule has 0 spiro atoms. The van der Waals surface area contributed by atoms with Gasteiger partial charge >= 0.3 is 0 Å². The summed E-state index contributed by atoms with van der Waals surface area (Å²) in [7, 11) is 0. The smallest absolute Gasteiger partial charge is 0.224 e. The number of alkyl halides is 2. The highest BCUT2D eigenvalue weighted by molar-refractivity contribution is 6.28. The summed E-state index contributed by atoms with van der Waals surface area (Å²) in [5.74, 6) is 0.674. The van der Waals surface area contributed by atoms with Gasteiger partial charge in [0.1, 0.15) is 47.8 Å². The van der Waals surface area contributed by atoms with Crippen LogP contribution in [0.2, 0.25) is 10.6 Å². The molecule has 46 heavy (non-hydrogen) atoms. The third-order valence-corrected chi connectivity index (χ3v) is 8.81. The summed E-state index contributed by atoms with van der Waals surface area (Å²) in [5, 5.41) is 0.220. The SMILES string of the molecule is Fc1ccc(C2OCc3c2nc(Cl)nc3N2CC[C@H](F)C2)cc1.Fc1ccc(C2OCc3c2nc(Cl)nc3N2CC[C@H](F)C2)cc1. The number of fused-ring (bicyclic) bond motifs is 2. The molecule has 4 aliphatic rings. The second-order valence-electron chi connectivity index (χ2n) is 11.5. The van der Waals surface area contributed by atoms with Crippen LogP contribution in [0, 0.1) is 11.6 Å². The fraction of sp³-hybridized carbons (Fsp3) is 0.375. The third kappa shape index (κ3) is 6.23. The summed E-state index contributed by atoms with van der Waals surface area (Å²) in [6.07, 6.45) is -1.55. The van der Waals surface area contributed by atoms with E-state index in [4.69, 9.17) is 32.7 Å². The van der Waals surface area contributed by atoms with Crippen LogP contribution in [0.4, 0.5) is 29.2 Å². The van der Waals surface area contributed by atoms with Crippen LogP contribution in [0.25, 0.3) is 0 Å². The van der Waals surface area contributed by atoms with E-state index in [1.807, 2.05) is 9.80 Å². The van der Waals surface area contributed by atoms with Crippen molar-refractivity contribution in [2.75, 3.05) is 36.0 Å². The third-order valence-electron chi connectivity index (χ3n) is 8.47. The molecule has 2 aromatic heterocycles. The van der Waals surface area contributed by atoms with Gasteiger partial charge in [0, 0.05) is 24.2 Å². The van der Waals surface area contributed by atoms with Crippen LogP contribution >= 0.6 is 23.2 Å². The molecule has 0 bridgehead atoms. The van der Waals surface area contributed by atoms with Gasteiger partial charge in [-0.15, -0.1) is 0 Å². The highest BCUT2D eigenvalue weighted by atomic mass is 35.5. The van der Waals surface area contributed by atoms with Crippen molar-refractivity contribution in [1.82, 2.24) is 19.9 Å². The van der Waals surface area contributed by atoms with Crippen molar-refractivity contribution in [2.45, 2.75) is 50.6 Å². The molecule has 6 heterocycles. The lowest BCUT2D eigenvalue weighted by Gasteiger charge is -2.19. The number of aromatic nitrogens is 4. The second-order valence-corrected chi connectivity index (χ2v) is 12.2. The zero-order valence-electron chi connectivity index (χ0n) is 24.4. The van der Waals surface area contributed by atoms with Crippen LogP contribution in [-0.2, 0) is 22.7 Å². The maximum atomic E-state index is 13.5. The number of anilines is 2. The zero-order chi connectivity index (χ0) is 31.9. The van der Waals surface area contributed by atoms with Gasteiger partial charge in [-0.2, -0.15) is 0 Å². The maximum absolute atomic E-state index is 13.5. The van der Waals surface area contributed by atoms with E-state index in [9.17, 15) is 17.6 Å². The lowest BCUT2D eigenvalue weighted by Crippen LogP contribution is -2.23. The van der Waals surface area contributed by atoms with Gasteiger partial charge < -0.3 is 19.3 Å². The first-order valence-corrected chi connectivity index (χ1v) is 15.6. The summed E-state index contributed by atoms with van der Waals surface area (Å²) in [5.41, 5.74) is 4.62. The second kappa shape index (κ2) is 12.9. The quantitative estimate of drug-likeness (QED) is 0.171. The van der Waals surface area contributed by atoms with Gasteiger partial charge in [-0.3, -0.25) is 0 Å². The molecule has 8 nitrogen and oxygen atoms in total. The Bertz CT molecular complexity index is 1610. The maximum Gasteiger partial charge on any atom is 0.224 e. The molecule has 4 aromatic rings. The fourth-order valence-electron chi connectivity index (χ4n) is 6.25. The Balaban J connectivity index is 0.000000147. The largest absolute Gasteiger partial charge is 0.362 e. The summed E-state index contributed by atoms with van der Waals surface area (Å²) in [6, 6.07) is 12.2. The molecule has 2 fully saturated rings. The lowest BCUT2D eigenvalue weighted by atomic mass is 10.0. The molecule has 0 N–H and O–H groups in total. The molecule has 0 amide bonds. The van der Waals surface area contributed by atoms with Crippen molar-refractivity contribution >= 4 is 34.8 Å². The number of benzene rings is 2. The van der Waals surface area contributed by atoms with Crippen molar-refractivity contribution in [3.63, 3.8) is 0 Å². The van der Waals surface area contributed by atoms with E-state index in [1.54, 1.807) is 24.3 Å². The number of rotatable bonds is 4. The molecule has 8 rings (SSSR count). The van der Waals surface area contributed by atoms with Gasteiger partial charge in [-0.1, -0.05) is 24.3 Å². The average molecular weight is 676 g/mol. The molecule has 0 aliphatic carbocycles. The monoisotopic (exact) mass is 674 g/mol. The van der Waals surface area contributed by atoms with E-state index in [1.165, 1.54) is 24.3 Å². The summed E-state index contributed by atoms with van der Waals surface area (Å²) in [6.45, 7) is 2.47. The van der Waals surface area contributed by atoms with Gasteiger partial charge in [0.05, 0.1) is 37.7 Å². The normalized spacial score (nSPS) is 23.3. The van der Waals surface area contributed by atoms with E-state index < -0.39 is 24.6 Å². The lowest BCUT2D eigenvalue weighted by molar-refractivity contribution is 0.0923. The topological polar surface area (TPSA) is 76.5 Å². The predicted molar refractivity (Wildman–Crippen MR) is 164 cm³/mol. The van der Waals surface area contributed by atoms with Crippen LogP contribution in [0.1, 0.15) is 58.7 Å². The number of hydrogen-bond donors (Lipinski definition) is 0. The minimum atomic E-state index is -0.852. The van der Waals surface area contributed by atoms with Crippen molar-refractivity contribution in [3.8, 4) is 0 Å². The number of ether oxygens (including phenoxy) is 2. The Morgan fingerprint density at radius 3 is 1.35 bits per heavy atom. The van der Waals surface area contributed by atoms with Crippen LogP contribution in [0.3, 0.4) is 0 Å². The molecule has 240 valence electrons. The van der Waals surface area contributed by atoms with E-state index in [0.717, 1.165) is 22.3 Å². The molecule has 0 saturated carbocycles. The van der Waals surface area contributed by atoms with Gasteiger partial charge in [-0.05, 0) is 71.4 Å². The minimum Gasteiger partial charge on any atom is -0.362 e. The molecule has 14 heteroatoms. The Labute approximate surface area is 272 Å². The standard InChI is InChI=1S/2C16H14ClF2N3O/c2*17-16-20-13-12(15(21-16)22-6-5-11(19)7-22)8-23-14(13)9-1-3-10(18)4-2-9/h2*1-4,11,14H,5-8H2/t2*11-,14?/m00/s1. The summed E-state index contributed by atoms with van der Waals surface area (Å²) < 4.78 is 64.9. The number of halogens is 6. The Morgan fingerprint density at radius 1 is 0.609 bits per heavy atom. The van der Waals surface area contributed by atoms with Gasteiger partial charge in [0.25, 0.3) is 0 Å². The molecule has 2 aromatic carbocycles. The Hall–Kier alpha value is -3.58. The number of nitrogens with zero attached hydrogens (tertiary/aromatic N) is 6. The van der Waals surface area contributed by atoms with Gasteiger partial charge in [0.2, 0.25) is 10.6 Å². The van der Waals surface area contributed by atoms with Crippen molar-refractivity contribution in [2.24, 2.45) is 0 Å². The predicted octanol–water partition coefficient (Wildman–Crippen LogP) is 6.87. The first-order chi connectivity index (χ1) is 22.2. The van der Waals surface area contributed by atoms with Crippen LogP contribution in [0.15, 0.2) is 48.5 Å². The fourth-order valence-corrected chi connectivity index (χ4v) is 6.59. The summed E-state index contributed by atoms with van der Waals surface area (Å²) in [4.78, 5) is 20.9. The first-order valence-electron chi connectivity index (χ1n) is 14.9. The van der Waals surface area contributed by atoms with E-state index >= 15 is 0 Å². The van der Waals surface area contributed by atoms with E-state index in [0.29, 0.717) is 75.3 Å². The summed E-state index contributed by atoms with van der Waals surface area (Å²) >= 11 is 12.1. The van der Waals surface area contributed by atoms with Crippen LogP contribution in [0.5, 0.6) is 0 Å². The molecular weight excluding hydrogens is 647 g/mol. The molecule has 4 atom stereocenters. The highest BCUT2D eigenvalue weighted by Gasteiger charge is 2.35. The van der Waals surface area contributed by atoms with E-state index in [-0.39, 0.29) is 22.2 Å². The highest BCUT2D eigenvalue weighted by Crippen LogP contribution is 2.41. The van der Waals surface area contributed by atoms with Crippen LogP contribution in [-0.4, -0.2) is 58.5 Å². The molecular formula is C32H28Cl2F4N6O2. The molecule has 2 unspecified atom stereocenters. The van der Waals surface area contributed by atoms with Crippen molar-refractivity contribution < 1.29 is 27.0 Å². The minimum absolute atomic E-state index is 0.110. The zero-order valence-corrected chi connectivity index (χ0v) is 25.9. The van der Waals surface area contributed by atoms with Crippen molar-refractivity contribution in [3.05, 3.63) is 104 Å². The van der Waals surface area contributed by atoms with Crippen molar-refractivity contribution in [1.29, 1.82) is 0 Å². The van der Waals surface area contributed by atoms with E-state index in [2.05, 4.69) is 19.9 Å². The average Bonchev–Trinajstić information content (AvgIpc) is 3.85. The molecule has 2 saturated heterocycles. The number of hydrogen-bond acceptors (Lipinski definition) is 8. The van der Waals surface area contributed by atoms with Gasteiger partial charge in [-0.25, -0.2) is 37.5 Å². The Morgan fingerprint density at radius 2 is 1.00 bits per heavy atom.